The molecule has 0 unspecified atom stereocenters. The lowest BCUT2D eigenvalue weighted by molar-refractivity contribution is -0.402. The van der Waals surface area contributed by atoms with Crippen LogP contribution in [0.4, 0.5) is 5.88 Å². The van der Waals surface area contributed by atoms with Crippen LogP contribution in [0.5, 0.6) is 0 Å². The van der Waals surface area contributed by atoms with Gasteiger partial charge in [0.2, 0.25) is 0 Å². The zero-order valence-corrected chi connectivity index (χ0v) is 11.2. The molecule has 0 saturated carbocycles. The van der Waals surface area contributed by atoms with E-state index >= 15 is 0 Å². The average molecular weight is 292 g/mol. The highest BCUT2D eigenvalue weighted by atomic mass is 16.6. The van der Waals surface area contributed by atoms with Crippen LogP contribution in [0.2, 0.25) is 0 Å². The van der Waals surface area contributed by atoms with Gasteiger partial charge in [0.05, 0.1) is 11.8 Å². The first-order valence-electron chi connectivity index (χ1n) is 5.94. The Morgan fingerprint density at radius 1 is 1.62 bits per heavy atom. The first-order valence-corrected chi connectivity index (χ1v) is 5.94. The molecule has 0 amide bonds. The van der Waals surface area contributed by atoms with Gasteiger partial charge in [0.25, 0.3) is 0 Å². The normalized spacial score (nSPS) is 10.3. The van der Waals surface area contributed by atoms with E-state index in [1.807, 2.05) is 0 Å². The summed E-state index contributed by atoms with van der Waals surface area (Å²) in [6.07, 6.45) is 1.44. The first kappa shape index (κ1) is 14.4. The zero-order chi connectivity index (χ0) is 15.4. The molecule has 0 atom stereocenters. The van der Waals surface area contributed by atoms with Gasteiger partial charge in [-0.1, -0.05) is 17.9 Å². The lowest BCUT2D eigenvalue weighted by Gasteiger charge is -2.01. The average Bonchev–Trinajstić information content (AvgIpc) is 3.05. The second kappa shape index (κ2) is 5.99. The third-order valence-corrected chi connectivity index (χ3v) is 2.64. The van der Waals surface area contributed by atoms with E-state index in [9.17, 15) is 14.9 Å². The quantitative estimate of drug-likeness (QED) is 0.343. The fourth-order valence-corrected chi connectivity index (χ4v) is 1.60. The van der Waals surface area contributed by atoms with Crippen LogP contribution in [0.15, 0.2) is 29.2 Å². The molecule has 0 spiro atoms. The van der Waals surface area contributed by atoms with Crippen LogP contribution in [-0.4, -0.2) is 32.5 Å². The number of furan rings is 1. The number of nitro groups is 1. The van der Waals surface area contributed by atoms with Crippen LogP contribution in [0.1, 0.15) is 21.9 Å². The van der Waals surface area contributed by atoms with Crippen molar-refractivity contribution in [2.75, 3.05) is 6.61 Å². The van der Waals surface area contributed by atoms with Crippen molar-refractivity contribution < 1.29 is 18.9 Å². The Morgan fingerprint density at radius 3 is 3.00 bits per heavy atom. The highest BCUT2D eigenvalue weighted by Gasteiger charge is 2.19. The molecule has 110 valence electrons. The zero-order valence-electron chi connectivity index (χ0n) is 11.2. The predicted molar refractivity (Wildman–Crippen MR) is 69.7 cm³/mol. The number of nitrogens with zero attached hydrogens (tertiary/aromatic N) is 4. The standard InChI is InChI=1S/C12H12N4O5/c1-3-6-20-12(17)11-8(2)15(14-13-11)7-9-4-5-10(21-9)16(18)19/h3-5H,1,6-7H2,2H3. The van der Waals surface area contributed by atoms with Gasteiger partial charge >= 0.3 is 11.9 Å². The number of aromatic nitrogens is 3. The largest absolute Gasteiger partial charge is 0.457 e. The van der Waals surface area contributed by atoms with Crippen LogP contribution in [0.25, 0.3) is 0 Å². The highest BCUT2D eigenvalue weighted by Crippen LogP contribution is 2.17. The van der Waals surface area contributed by atoms with Gasteiger partial charge in [-0.25, -0.2) is 9.48 Å². The monoisotopic (exact) mass is 292 g/mol. The van der Waals surface area contributed by atoms with Gasteiger partial charge in [-0.15, -0.1) is 5.10 Å². The van der Waals surface area contributed by atoms with Crippen LogP contribution in [0.3, 0.4) is 0 Å². The van der Waals surface area contributed by atoms with E-state index < -0.39 is 10.9 Å². The number of ether oxygens (including phenoxy) is 1. The SMILES string of the molecule is C=CCOC(=O)c1nnn(Cc2ccc([N+](=O)[O-])o2)c1C. The highest BCUT2D eigenvalue weighted by molar-refractivity contribution is 5.88. The Balaban J connectivity index is 2.14. The van der Waals surface area contributed by atoms with Crippen LogP contribution >= 0.6 is 0 Å². The van der Waals surface area contributed by atoms with Crippen molar-refractivity contribution in [2.24, 2.45) is 0 Å². The molecule has 0 aliphatic carbocycles. The molecule has 9 heteroatoms. The van der Waals surface area contributed by atoms with Gasteiger partial charge in [-0.05, 0) is 13.0 Å². The smallest absolute Gasteiger partial charge is 0.433 e. The number of esters is 1. The lowest BCUT2D eigenvalue weighted by atomic mass is 10.3. The fourth-order valence-electron chi connectivity index (χ4n) is 1.60. The number of rotatable bonds is 6. The molecule has 0 fully saturated rings. The van der Waals surface area contributed by atoms with E-state index in [-0.39, 0.29) is 24.7 Å². The second-order valence-electron chi connectivity index (χ2n) is 4.07. The van der Waals surface area contributed by atoms with E-state index in [0.29, 0.717) is 11.5 Å². The van der Waals surface area contributed by atoms with E-state index in [1.54, 1.807) is 6.92 Å². The van der Waals surface area contributed by atoms with Gasteiger partial charge in [0, 0.05) is 0 Å². The molecule has 9 nitrogen and oxygen atoms in total. The van der Waals surface area contributed by atoms with Gasteiger partial charge in [-0.3, -0.25) is 10.1 Å². The summed E-state index contributed by atoms with van der Waals surface area (Å²) in [4.78, 5) is 21.6. The summed E-state index contributed by atoms with van der Waals surface area (Å²) in [6, 6.07) is 2.72. The maximum Gasteiger partial charge on any atom is 0.433 e. The topological polar surface area (TPSA) is 113 Å². The summed E-state index contributed by atoms with van der Waals surface area (Å²) >= 11 is 0. The molecule has 0 bridgehead atoms. The minimum absolute atomic E-state index is 0.0789. The predicted octanol–water partition coefficient (Wildman–Crippen LogP) is 1.48. The van der Waals surface area contributed by atoms with Crippen molar-refractivity contribution in [2.45, 2.75) is 13.5 Å². The van der Waals surface area contributed by atoms with Gasteiger partial charge in [0.15, 0.2) is 5.69 Å². The molecule has 0 N–H and O–H groups in total. The van der Waals surface area contributed by atoms with Crippen molar-refractivity contribution in [3.63, 3.8) is 0 Å². The third-order valence-electron chi connectivity index (χ3n) is 2.64. The van der Waals surface area contributed by atoms with Gasteiger partial charge in [0.1, 0.15) is 23.8 Å². The van der Waals surface area contributed by atoms with Crippen molar-refractivity contribution in [1.29, 1.82) is 0 Å². The number of hydrogen-bond acceptors (Lipinski definition) is 7. The number of carbonyl (C=O) groups excluding carboxylic acids is 1. The molecule has 2 aromatic heterocycles. The molecular weight excluding hydrogens is 280 g/mol. The summed E-state index contributed by atoms with van der Waals surface area (Å²) < 4.78 is 11.3. The van der Waals surface area contributed by atoms with Crippen molar-refractivity contribution in [3.8, 4) is 0 Å². The van der Waals surface area contributed by atoms with Gasteiger partial charge < -0.3 is 9.15 Å². The maximum atomic E-state index is 11.7. The molecule has 2 rings (SSSR count). The summed E-state index contributed by atoms with van der Waals surface area (Å²) in [5.74, 6) is -0.627. The third kappa shape index (κ3) is 3.14. The Bertz CT molecular complexity index is 688. The first-order chi connectivity index (χ1) is 10.0. The molecule has 0 aromatic carbocycles. The molecule has 0 aliphatic heterocycles. The maximum absolute atomic E-state index is 11.7. The van der Waals surface area contributed by atoms with Crippen molar-refractivity contribution in [1.82, 2.24) is 15.0 Å². The second-order valence-corrected chi connectivity index (χ2v) is 4.07. The van der Waals surface area contributed by atoms with E-state index in [4.69, 9.17) is 9.15 Å². The molecule has 0 saturated heterocycles. The Labute approximate surface area is 119 Å². The number of carbonyl (C=O) groups is 1. The molecule has 0 radical (unpaired) electrons. The Kier molecular flexibility index (Phi) is 4.12. The summed E-state index contributed by atoms with van der Waals surface area (Å²) in [5, 5.41) is 18.1. The summed E-state index contributed by atoms with van der Waals surface area (Å²) in [7, 11) is 0. The molecule has 21 heavy (non-hydrogen) atoms. The minimum atomic E-state index is -0.629. The molecule has 0 aliphatic rings. The molecule has 2 aromatic rings. The van der Waals surface area contributed by atoms with Crippen LogP contribution in [-0.2, 0) is 11.3 Å². The van der Waals surface area contributed by atoms with Crippen molar-refractivity contribution >= 4 is 11.9 Å². The lowest BCUT2D eigenvalue weighted by Crippen LogP contribution is -2.09. The van der Waals surface area contributed by atoms with E-state index in [2.05, 4.69) is 16.9 Å². The summed E-state index contributed by atoms with van der Waals surface area (Å²) in [6.45, 7) is 5.29. The Morgan fingerprint density at radius 2 is 2.38 bits per heavy atom. The van der Waals surface area contributed by atoms with E-state index in [1.165, 1.54) is 22.9 Å². The van der Waals surface area contributed by atoms with Crippen molar-refractivity contribution in [3.05, 3.63) is 52.1 Å². The Hall–Kier alpha value is -2.97. The molecular formula is C12H12N4O5. The fraction of sp³-hybridized carbons (Fsp3) is 0.250. The summed E-state index contributed by atoms with van der Waals surface area (Å²) in [5.41, 5.74) is 0.557. The number of hydrogen-bond donors (Lipinski definition) is 0. The minimum Gasteiger partial charge on any atom is -0.457 e. The molecule has 2 heterocycles. The van der Waals surface area contributed by atoms with Crippen LogP contribution in [0, 0.1) is 17.0 Å². The van der Waals surface area contributed by atoms with Crippen LogP contribution < -0.4 is 0 Å². The van der Waals surface area contributed by atoms with E-state index in [0.717, 1.165) is 0 Å². The van der Waals surface area contributed by atoms with Gasteiger partial charge in [-0.2, -0.15) is 0 Å².